The molecule has 4 heteroatoms. The fraction of sp³-hybridized carbons (Fsp3) is 0.583. The van der Waals surface area contributed by atoms with Crippen molar-refractivity contribution in [3.05, 3.63) is 23.5 Å². The van der Waals surface area contributed by atoms with Crippen LogP contribution in [0.25, 0.3) is 0 Å². The van der Waals surface area contributed by atoms with E-state index in [1.807, 2.05) is 23.7 Å². The number of hydrogen-bond acceptors (Lipinski definition) is 3. The molecule has 1 atom stereocenters. The van der Waals surface area contributed by atoms with Crippen LogP contribution in [-0.2, 0) is 18.2 Å². The number of rotatable bonds is 3. The summed E-state index contributed by atoms with van der Waals surface area (Å²) in [5.41, 5.74) is 1.83. The number of aromatic nitrogens is 1. The van der Waals surface area contributed by atoms with Crippen LogP contribution in [-0.4, -0.2) is 30.7 Å². The lowest BCUT2D eigenvalue weighted by atomic mass is 10.0. The minimum atomic E-state index is -0.265. The van der Waals surface area contributed by atoms with Crippen LogP contribution in [0, 0.1) is 5.92 Å². The SMILES string of the molecule is COC(=O)c1ccc(CC2CCNC2)n1C. The van der Waals surface area contributed by atoms with Gasteiger partial charge in [0, 0.05) is 12.7 Å². The number of hydrogen-bond donors (Lipinski definition) is 1. The van der Waals surface area contributed by atoms with Crippen LogP contribution in [0.4, 0.5) is 0 Å². The second kappa shape index (κ2) is 4.70. The zero-order chi connectivity index (χ0) is 11.5. The molecule has 0 bridgehead atoms. The summed E-state index contributed by atoms with van der Waals surface area (Å²) in [6.07, 6.45) is 2.25. The van der Waals surface area contributed by atoms with Gasteiger partial charge in [0.15, 0.2) is 0 Å². The Balaban J connectivity index is 2.10. The van der Waals surface area contributed by atoms with Crippen molar-refractivity contribution < 1.29 is 9.53 Å². The molecule has 0 radical (unpaired) electrons. The Labute approximate surface area is 95.6 Å². The van der Waals surface area contributed by atoms with Crippen LogP contribution in [0.15, 0.2) is 12.1 Å². The van der Waals surface area contributed by atoms with Crippen molar-refractivity contribution in [2.45, 2.75) is 12.8 Å². The largest absolute Gasteiger partial charge is 0.464 e. The van der Waals surface area contributed by atoms with Crippen molar-refractivity contribution >= 4 is 5.97 Å². The second-order valence-corrected chi connectivity index (χ2v) is 4.32. The molecule has 88 valence electrons. The third-order valence-corrected chi connectivity index (χ3v) is 3.28. The maximum absolute atomic E-state index is 11.4. The Morgan fingerprint density at radius 1 is 1.62 bits per heavy atom. The number of esters is 1. The summed E-state index contributed by atoms with van der Waals surface area (Å²) in [6, 6.07) is 3.86. The standard InChI is InChI=1S/C12H18N2O2/c1-14-10(7-9-5-6-13-8-9)3-4-11(14)12(15)16-2/h3-4,9,13H,5-8H2,1-2H3. The molecule has 0 spiro atoms. The van der Waals surface area contributed by atoms with Crippen LogP contribution in [0.3, 0.4) is 0 Å². The number of carbonyl (C=O) groups excluding carboxylic acids is 1. The van der Waals surface area contributed by atoms with Crippen molar-refractivity contribution in [2.24, 2.45) is 13.0 Å². The lowest BCUT2D eigenvalue weighted by Gasteiger charge is -2.10. The van der Waals surface area contributed by atoms with E-state index in [-0.39, 0.29) is 5.97 Å². The summed E-state index contributed by atoms with van der Waals surface area (Å²) >= 11 is 0. The van der Waals surface area contributed by atoms with Gasteiger partial charge in [-0.2, -0.15) is 0 Å². The molecule has 2 heterocycles. The first-order valence-corrected chi connectivity index (χ1v) is 5.66. The van der Waals surface area contributed by atoms with E-state index in [1.54, 1.807) is 0 Å². The van der Waals surface area contributed by atoms with E-state index in [0.717, 1.165) is 19.5 Å². The van der Waals surface area contributed by atoms with Crippen molar-refractivity contribution in [1.82, 2.24) is 9.88 Å². The molecule has 0 amide bonds. The van der Waals surface area contributed by atoms with Gasteiger partial charge >= 0.3 is 5.97 Å². The van der Waals surface area contributed by atoms with Crippen molar-refractivity contribution in [3.63, 3.8) is 0 Å². The predicted molar refractivity (Wildman–Crippen MR) is 61.4 cm³/mol. The summed E-state index contributed by atoms with van der Waals surface area (Å²) in [4.78, 5) is 11.4. The second-order valence-electron chi connectivity index (χ2n) is 4.32. The lowest BCUT2D eigenvalue weighted by molar-refractivity contribution is 0.0589. The van der Waals surface area contributed by atoms with E-state index in [4.69, 9.17) is 4.74 Å². The average molecular weight is 222 g/mol. The molecular weight excluding hydrogens is 204 g/mol. The fourth-order valence-corrected chi connectivity index (χ4v) is 2.25. The zero-order valence-corrected chi connectivity index (χ0v) is 9.82. The molecule has 2 rings (SSSR count). The van der Waals surface area contributed by atoms with Gasteiger partial charge in [-0.3, -0.25) is 0 Å². The number of nitrogens with one attached hydrogen (secondary N) is 1. The van der Waals surface area contributed by atoms with Gasteiger partial charge in [0.25, 0.3) is 0 Å². The van der Waals surface area contributed by atoms with Crippen molar-refractivity contribution in [3.8, 4) is 0 Å². The Bertz CT molecular complexity index is 378. The van der Waals surface area contributed by atoms with Gasteiger partial charge in [0.2, 0.25) is 0 Å². The summed E-state index contributed by atoms with van der Waals surface area (Å²) in [7, 11) is 3.33. The number of ether oxygens (including phenoxy) is 1. The normalized spacial score (nSPS) is 20.0. The van der Waals surface area contributed by atoms with E-state index >= 15 is 0 Å². The van der Waals surface area contributed by atoms with Gasteiger partial charge in [-0.05, 0) is 44.0 Å². The van der Waals surface area contributed by atoms with Crippen LogP contribution in [0.2, 0.25) is 0 Å². The molecule has 1 unspecified atom stereocenters. The van der Waals surface area contributed by atoms with Gasteiger partial charge in [-0.1, -0.05) is 0 Å². The van der Waals surface area contributed by atoms with Gasteiger partial charge < -0.3 is 14.6 Å². The van der Waals surface area contributed by atoms with E-state index in [1.165, 1.54) is 19.2 Å². The summed E-state index contributed by atoms with van der Waals surface area (Å²) in [6.45, 7) is 2.19. The number of nitrogens with zero attached hydrogens (tertiary/aromatic N) is 1. The molecular formula is C12H18N2O2. The fourth-order valence-electron chi connectivity index (χ4n) is 2.25. The quantitative estimate of drug-likeness (QED) is 0.775. The lowest BCUT2D eigenvalue weighted by Crippen LogP contribution is -2.14. The van der Waals surface area contributed by atoms with E-state index in [2.05, 4.69) is 5.32 Å². The predicted octanol–water partition coefficient (Wildman–Crippen LogP) is 0.964. The Morgan fingerprint density at radius 2 is 2.44 bits per heavy atom. The molecule has 0 aliphatic carbocycles. The first-order valence-electron chi connectivity index (χ1n) is 5.66. The molecule has 1 aromatic rings. The highest BCUT2D eigenvalue weighted by Crippen LogP contribution is 2.17. The van der Waals surface area contributed by atoms with Crippen molar-refractivity contribution in [2.75, 3.05) is 20.2 Å². The molecule has 1 saturated heterocycles. The smallest absolute Gasteiger partial charge is 0.354 e. The molecule has 4 nitrogen and oxygen atoms in total. The van der Waals surface area contributed by atoms with Crippen LogP contribution < -0.4 is 5.32 Å². The average Bonchev–Trinajstić information content (AvgIpc) is 2.90. The van der Waals surface area contributed by atoms with Crippen LogP contribution in [0.5, 0.6) is 0 Å². The molecule has 1 fully saturated rings. The van der Waals surface area contributed by atoms with E-state index in [9.17, 15) is 4.79 Å². The highest BCUT2D eigenvalue weighted by molar-refractivity contribution is 5.87. The zero-order valence-electron chi connectivity index (χ0n) is 9.82. The summed E-state index contributed by atoms with van der Waals surface area (Å²) in [5.74, 6) is 0.428. The van der Waals surface area contributed by atoms with Crippen LogP contribution >= 0.6 is 0 Å². The molecule has 0 aromatic carbocycles. The maximum atomic E-state index is 11.4. The molecule has 1 aromatic heterocycles. The Hall–Kier alpha value is -1.29. The van der Waals surface area contributed by atoms with Gasteiger partial charge in [0.05, 0.1) is 7.11 Å². The Morgan fingerprint density at radius 3 is 3.06 bits per heavy atom. The van der Waals surface area contributed by atoms with Gasteiger partial charge in [0.1, 0.15) is 5.69 Å². The molecule has 1 aliphatic rings. The summed E-state index contributed by atoms with van der Waals surface area (Å²) < 4.78 is 6.66. The molecule has 16 heavy (non-hydrogen) atoms. The Kier molecular flexibility index (Phi) is 3.29. The monoisotopic (exact) mass is 222 g/mol. The molecule has 1 N–H and O–H groups in total. The minimum Gasteiger partial charge on any atom is -0.464 e. The summed E-state index contributed by atoms with van der Waals surface area (Å²) in [5, 5.41) is 3.35. The first-order chi connectivity index (χ1) is 7.72. The topological polar surface area (TPSA) is 43.3 Å². The third kappa shape index (κ3) is 2.11. The van der Waals surface area contributed by atoms with Crippen LogP contribution in [0.1, 0.15) is 22.6 Å². The first kappa shape index (κ1) is 11.2. The maximum Gasteiger partial charge on any atom is 0.354 e. The molecule has 0 saturated carbocycles. The van der Waals surface area contributed by atoms with Crippen molar-refractivity contribution in [1.29, 1.82) is 0 Å². The van der Waals surface area contributed by atoms with E-state index < -0.39 is 0 Å². The van der Waals surface area contributed by atoms with Gasteiger partial charge in [-0.25, -0.2) is 4.79 Å². The van der Waals surface area contributed by atoms with E-state index in [0.29, 0.717) is 11.6 Å². The number of carbonyl (C=O) groups is 1. The highest BCUT2D eigenvalue weighted by atomic mass is 16.5. The third-order valence-electron chi connectivity index (χ3n) is 3.28. The molecule has 1 aliphatic heterocycles. The minimum absolute atomic E-state index is 0.265. The van der Waals surface area contributed by atoms with Gasteiger partial charge in [-0.15, -0.1) is 0 Å². The number of methoxy groups -OCH3 is 1. The highest BCUT2D eigenvalue weighted by Gasteiger charge is 2.18.